The number of hydrogen-bond donors (Lipinski definition) is 2. The lowest BCUT2D eigenvalue weighted by Gasteiger charge is -2.21. The van der Waals surface area contributed by atoms with Gasteiger partial charge < -0.3 is 19.7 Å². The summed E-state index contributed by atoms with van der Waals surface area (Å²) in [4.78, 5) is 13.0. The predicted octanol–water partition coefficient (Wildman–Crippen LogP) is 5.46. The van der Waals surface area contributed by atoms with Crippen molar-refractivity contribution in [1.29, 1.82) is 0 Å². The molecule has 1 atom stereocenters. The van der Waals surface area contributed by atoms with Crippen molar-refractivity contribution in [2.75, 3.05) is 0 Å². The molecule has 4 rings (SSSR count). The molecule has 0 saturated carbocycles. The minimum absolute atomic E-state index is 0.114. The van der Waals surface area contributed by atoms with Gasteiger partial charge in [-0.2, -0.15) is 0 Å². The molecule has 0 fully saturated rings. The van der Waals surface area contributed by atoms with Gasteiger partial charge in [0.1, 0.15) is 23.8 Å². The summed E-state index contributed by atoms with van der Waals surface area (Å²) in [6, 6.07) is 22.6. The lowest BCUT2D eigenvalue weighted by atomic mass is 9.97. The summed E-state index contributed by atoms with van der Waals surface area (Å²) < 4.78 is 10.9. The van der Waals surface area contributed by atoms with Gasteiger partial charge in [0.25, 0.3) is 0 Å². The van der Waals surface area contributed by atoms with E-state index >= 15 is 0 Å². The van der Waals surface area contributed by atoms with Crippen LogP contribution in [0, 0.1) is 13.8 Å². The number of hydrogen-bond acceptors (Lipinski definition) is 5. The molecule has 180 valence electrons. The fraction of sp³-hybridized carbons (Fsp3) is 0.214. The summed E-state index contributed by atoms with van der Waals surface area (Å²) in [5, 5.41) is 16.9. The van der Waals surface area contributed by atoms with Crippen molar-refractivity contribution in [3.63, 3.8) is 0 Å². The van der Waals surface area contributed by atoms with Gasteiger partial charge in [0.05, 0.1) is 24.6 Å². The highest BCUT2D eigenvalue weighted by atomic mass is 35.5. The van der Waals surface area contributed by atoms with Crippen LogP contribution in [0.1, 0.15) is 45.3 Å². The molecule has 0 aliphatic carbocycles. The topological polar surface area (TPSA) is 84.6 Å². The number of benzene rings is 3. The zero-order valence-corrected chi connectivity index (χ0v) is 20.4. The average molecular weight is 491 g/mol. The molecule has 2 N–H and O–H groups in total. The second kappa shape index (κ2) is 11.2. The second-order valence-corrected chi connectivity index (χ2v) is 8.77. The molecule has 0 aliphatic rings. The van der Waals surface area contributed by atoms with E-state index in [9.17, 15) is 9.90 Å². The van der Waals surface area contributed by atoms with Gasteiger partial charge in [-0.25, -0.2) is 0 Å². The number of amides is 1. The number of aromatic nitrogens is 1. The largest absolute Gasteiger partial charge is 0.489 e. The normalized spacial score (nSPS) is 11.8. The second-order valence-electron chi connectivity index (χ2n) is 8.37. The van der Waals surface area contributed by atoms with Gasteiger partial charge in [0.2, 0.25) is 5.91 Å². The van der Waals surface area contributed by atoms with Crippen LogP contribution in [-0.2, 0) is 24.4 Å². The summed E-state index contributed by atoms with van der Waals surface area (Å²) in [7, 11) is 0. The van der Waals surface area contributed by atoms with Gasteiger partial charge in [-0.05, 0) is 54.3 Å². The van der Waals surface area contributed by atoms with Crippen LogP contribution < -0.4 is 10.1 Å². The molecule has 4 aromatic rings. The molecule has 1 aromatic heterocycles. The van der Waals surface area contributed by atoms with Crippen LogP contribution in [0.15, 0.2) is 77.3 Å². The van der Waals surface area contributed by atoms with Gasteiger partial charge in [0.15, 0.2) is 0 Å². The first-order valence-electron chi connectivity index (χ1n) is 11.3. The van der Waals surface area contributed by atoms with E-state index in [0.717, 1.165) is 27.8 Å². The molecular weight excluding hydrogens is 464 g/mol. The number of carbonyl (C=O) groups is 1. The molecule has 3 aromatic carbocycles. The average Bonchev–Trinajstić information content (AvgIpc) is 3.22. The summed E-state index contributed by atoms with van der Waals surface area (Å²) in [6.07, 6.45) is 0.215. The SMILES string of the molecule is Cc1ccc(C(NC(=O)Cc2ccc(OCc3c(CO)noc3C)cc2)c2ccccc2)c(Cl)c1. The van der Waals surface area contributed by atoms with Gasteiger partial charge >= 0.3 is 0 Å². The number of aliphatic hydroxyl groups is 1. The Morgan fingerprint density at radius 2 is 1.83 bits per heavy atom. The van der Waals surface area contributed by atoms with Gasteiger partial charge in [-0.1, -0.05) is 71.4 Å². The number of rotatable bonds is 9. The minimum atomic E-state index is -0.355. The Morgan fingerprint density at radius 3 is 2.51 bits per heavy atom. The number of aryl methyl sites for hydroxylation is 2. The number of aliphatic hydroxyl groups excluding tert-OH is 1. The lowest BCUT2D eigenvalue weighted by Crippen LogP contribution is -2.30. The number of nitrogens with zero attached hydrogens (tertiary/aromatic N) is 1. The predicted molar refractivity (Wildman–Crippen MR) is 134 cm³/mol. The minimum Gasteiger partial charge on any atom is -0.489 e. The molecule has 7 heteroatoms. The van der Waals surface area contributed by atoms with Crippen LogP contribution in [0.25, 0.3) is 0 Å². The van der Waals surface area contributed by atoms with E-state index in [2.05, 4.69) is 10.5 Å². The van der Waals surface area contributed by atoms with Crippen molar-refractivity contribution in [2.24, 2.45) is 0 Å². The lowest BCUT2D eigenvalue weighted by molar-refractivity contribution is -0.120. The van der Waals surface area contributed by atoms with E-state index < -0.39 is 0 Å². The van der Waals surface area contributed by atoms with Crippen LogP contribution in [0.2, 0.25) is 5.02 Å². The van der Waals surface area contributed by atoms with E-state index in [4.69, 9.17) is 20.9 Å². The van der Waals surface area contributed by atoms with Crippen molar-refractivity contribution in [3.8, 4) is 5.75 Å². The maximum Gasteiger partial charge on any atom is 0.225 e. The van der Waals surface area contributed by atoms with Crippen LogP contribution >= 0.6 is 11.6 Å². The molecule has 1 heterocycles. The third kappa shape index (κ3) is 6.10. The summed E-state index contributed by atoms with van der Waals surface area (Å²) in [5.74, 6) is 1.15. The summed E-state index contributed by atoms with van der Waals surface area (Å²) >= 11 is 6.54. The molecule has 0 bridgehead atoms. The van der Waals surface area contributed by atoms with Crippen molar-refractivity contribution in [1.82, 2.24) is 10.5 Å². The molecule has 0 radical (unpaired) electrons. The van der Waals surface area contributed by atoms with Crippen molar-refractivity contribution in [3.05, 3.63) is 117 Å². The number of carbonyl (C=O) groups excluding carboxylic acids is 1. The molecule has 0 aliphatic heterocycles. The maximum atomic E-state index is 13.0. The van der Waals surface area contributed by atoms with E-state index in [-0.39, 0.29) is 31.6 Å². The van der Waals surface area contributed by atoms with Crippen LogP contribution in [0.4, 0.5) is 0 Å². The molecule has 1 unspecified atom stereocenters. The van der Waals surface area contributed by atoms with Gasteiger partial charge in [-0.15, -0.1) is 0 Å². The molecule has 6 nitrogen and oxygen atoms in total. The third-order valence-electron chi connectivity index (χ3n) is 5.79. The van der Waals surface area contributed by atoms with Gasteiger partial charge in [-0.3, -0.25) is 4.79 Å². The van der Waals surface area contributed by atoms with Crippen molar-refractivity contribution in [2.45, 2.75) is 39.5 Å². The van der Waals surface area contributed by atoms with Crippen LogP contribution in [0.3, 0.4) is 0 Å². The fourth-order valence-corrected chi connectivity index (χ4v) is 4.20. The number of nitrogens with one attached hydrogen (secondary N) is 1. The first kappa shape index (κ1) is 24.5. The smallest absolute Gasteiger partial charge is 0.225 e. The van der Waals surface area contributed by atoms with E-state index in [0.29, 0.717) is 22.2 Å². The third-order valence-corrected chi connectivity index (χ3v) is 6.12. The molecule has 1 amide bonds. The molecule has 0 spiro atoms. The molecular formula is C28H27ClN2O4. The van der Waals surface area contributed by atoms with Crippen molar-refractivity contribution < 1.29 is 19.2 Å². The summed E-state index contributed by atoms with van der Waals surface area (Å²) in [6.45, 7) is 3.79. The standard InChI is InChI=1S/C28H27ClN2O4/c1-18-8-13-23(25(29)14-18)28(21-6-4-3-5-7-21)30-27(33)15-20-9-11-22(12-10-20)34-17-24-19(2)35-31-26(24)16-32/h3-14,28,32H,15-17H2,1-2H3,(H,30,33). The first-order chi connectivity index (χ1) is 16.9. The Morgan fingerprint density at radius 1 is 1.09 bits per heavy atom. The molecule has 0 saturated heterocycles. The quantitative estimate of drug-likeness (QED) is 0.325. The van der Waals surface area contributed by atoms with Crippen LogP contribution in [0.5, 0.6) is 5.75 Å². The highest BCUT2D eigenvalue weighted by Crippen LogP contribution is 2.29. The van der Waals surface area contributed by atoms with Gasteiger partial charge in [0, 0.05) is 5.02 Å². The zero-order valence-electron chi connectivity index (χ0n) is 19.6. The van der Waals surface area contributed by atoms with E-state index in [1.165, 1.54) is 0 Å². The Balaban J connectivity index is 1.43. The Hall–Kier alpha value is -3.61. The molecule has 35 heavy (non-hydrogen) atoms. The first-order valence-corrected chi connectivity index (χ1v) is 11.7. The fourth-order valence-electron chi connectivity index (χ4n) is 3.86. The Labute approximate surface area is 209 Å². The Kier molecular flexibility index (Phi) is 7.85. The maximum absolute atomic E-state index is 13.0. The zero-order chi connectivity index (χ0) is 24.8. The summed E-state index contributed by atoms with van der Waals surface area (Å²) in [5.41, 5.74) is 4.93. The highest BCUT2D eigenvalue weighted by molar-refractivity contribution is 6.31. The Bertz CT molecular complexity index is 1290. The highest BCUT2D eigenvalue weighted by Gasteiger charge is 2.20. The number of ether oxygens (including phenoxy) is 1. The van der Waals surface area contributed by atoms with Crippen molar-refractivity contribution >= 4 is 17.5 Å². The van der Waals surface area contributed by atoms with E-state index in [1.807, 2.05) is 79.7 Å². The van der Waals surface area contributed by atoms with E-state index in [1.54, 1.807) is 6.92 Å². The van der Waals surface area contributed by atoms with Crippen LogP contribution in [-0.4, -0.2) is 16.2 Å². The monoisotopic (exact) mass is 490 g/mol. The number of halogens is 1.